The number of hydrazone groups is 1. The number of amidine groups is 1. The minimum Gasteiger partial charge on any atom is -0.346 e. The normalized spacial score (nSPS) is 19.2. The molecule has 146 valence electrons. The van der Waals surface area contributed by atoms with Gasteiger partial charge in [0, 0.05) is 36.2 Å². The van der Waals surface area contributed by atoms with E-state index in [1.165, 1.54) is 11.8 Å². The van der Waals surface area contributed by atoms with Gasteiger partial charge >= 0.3 is 0 Å². The Kier molecular flexibility index (Phi) is 12.4. The lowest BCUT2D eigenvalue weighted by molar-refractivity contribution is 0.478. The van der Waals surface area contributed by atoms with E-state index in [1.807, 2.05) is 19.9 Å². The van der Waals surface area contributed by atoms with Crippen molar-refractivity contribution < 1.29 is 0 Å². The van der Waals surface area contributed by atoms with Crippen LogP contribution in [0.15, 0.2) is 51.3 Å². The van der Waals surface area contributed by atoms with E-state index in [9.17, 15) is 0 Å². The van der Waals surface area contributed by atoms with E-state index < -0.39 is 0 Å². The Labute approximate surface area is 167 Å². The number of thiocyanates is 1. The maximum atomic E-state index is 8.79. The van der Waals surface area contributed by atoms with Crippen molar-refractivity contribution in [1.29, 1.82) is 5.26 Å². The minimum atomic E-state index is 0.546. The van der Waals surface area contributed by atoms with Gasteiger partial charge in [-0.15, -0.1) is 0 Å². The fourth-order valence-electron chi connectivity index (χ4n) is 2.49. The first-order valence-electron chi connectivity index (χ1n) is 9.34. The van der Waals surface area contributed by atoms with Crippen molar-refractivity contribution in [2.45, 2.75) is 46.0 Å². The topological polar surface area (TPSA) is 84.9 Å². The van der Waals surface area contributed by atoms with Crippen LogP contribution in [0.1, 0.15) is 46.0 Å². The highest BCUT2D eigenvalue weighted by molar-refractivity contribution is 8.03. The molecule has 27 heavy (non-hydrogen) atoms. The van der Waals surface area contributed by atoms with Crippen LogP contribution in [0.2, 0.25) is 0 Å². The average molecular weight is 387 g/mol. The number of hydrogen-bond acceptors (Lipinski definition) is 5. The number of allylic oxidation sites excluding steroid dienone is 3. The van der Waals surface area contributed by atoms with Crippen LogP contribution in [0.5, 0.6) is 0 Å². The third-order valence-electron chi connectivity index (χ3n) is 4.01. The molecule has 6 nitrogen and oxygen atoms in total. The highest BCUT2D eigenvalue weighted by Crippen LogP contribution is 2.20. The van der Waals surface area contributed by atoms with E-state index in [-0.39, 0.29) is 0 Å². The number of nitrogens with one attached hydrogen (secondary N) is 2. The van der Waals surface area contributed by atoms with Gasteiger partial charge in [-0.3, -0.25) is 0 Å². The Balaban J connectivity index is 2.70. The van der Waals surface area contributed by atoms with Crippen LogP contribution in [-0.4, -0.2) is 30.7 Å². The Morgan fingerprint density at radius 1 is 1.56 bits per heavy atom. The molecule has 0 aromatic carbocycles. The molecule has 0 unspecified atom stereocenters. The predicted octanol–water partition coefficient (Wildman–Crippen LogP) is 4.37. The molecule has 1 aliphatic heterocycles. The van der Waals surface area contributed by atoms with Gasteiger partial charge in [0.25, 0.3) is 0 Å². The van der Waals surface area contributed by atoms with Crippen molar-refractivity contribution >= 4 is 30.2 Å². The average Bonchev–Trinajstić information content (AvgIpc) is 2.73. The van der Waals surface area contributed by atoms with Crippen LogP contribution >= 0.6 is 11.8 Å². The second kappa shape index (κ2) is 14.8. The van der Waals surface area contributed by atoms with Crippen molar-refractivity contribution in [1.82, 2.24) is 10.7 Å². The first kappa shape index (κ1) is 22.7. The summed E-state index contributed by atoms with van der Waals surface area (Å²) in [4.78, 5) is 8.59. The summed E-state index contributed by atoms with van der Waals surface area (Å²) in [6.07, 6.45) is 14.1. The van der Waals surface area contributed by atoms with Crippen LogP contribution < -0.4 is 10.7 Å². The predicted molar refractivity (Wildman–Crippen MR) is 118 cm³/mol. The molecule has 0 aliphatic carbocycles. The zero-order chi connectivity index (χ0) is 19.7. The molecule has 0 spiro atoms. The molecule has 0 fully saturated rings. The molecule has 7 heteroatoms. The van der Waals surface area contributed by atoms with E-state index in [4.69, 9.17) is 5.26 Å². The van der Waals surface area contributed by atoms with Crippen molar-refractivity contribution in [2.75, 3.05) is 12.3 Å². The molecule has 0 aromatic rings. The molecule has 0 bridgehead atoms. The third-order valence-corrected chi connectivity index (χ3v) is 4.78. The Morgan fingerprint density at radius 3 is 3.15 bits per heavy atom. The Hall–Kier alpha value is -2.33. The zero-order valence-corrected chi connectivity index (χ0v) is 17.1. The largest absolute Gasteiger partial charge is 0.346 e. The van der Waals surface area contributed by atoms with Gasteiger partial charge < -0.3 is 10.7 Å². The number of nitriles is 1. The van der Waals surface area contributed by atoms with Crippen LogP contribution in [0.25, 0.3) is 0 Å². The van der Waals surface area contributed by atoms with E-state index in [2.05, 4.69) is 43.9 Å². The van der Waals surface area contributed by atoms with Crippen molar-refractivity contribution in [3.05, 3.63) is 36.2 Å². The van der Waals surface area contributed by atoms with Crippen molar-refractivity contribution in [3.63, 3.8) is 0 Å². The van der Waals surface area contributed by atoms with E-state index >= 15 is 0 Å². The Morgan fingerprint density at radius 2 is 2.41 bits per heavy atom. The fourth-order valence-corrected chi connectivity index (χ4v) is 3.13. The van der Waals surface area contributed by atoms with Gasteiger partial charge in [-0.25, -0.2) is 9.98 Å². The lowest BCUT2D eigenvalue weighted by Crippen LogP contribution is -2.15. The summed E-state index contributed by atoms with van der Waals surface area (Å²) in [6.45, 7) is 8.86. The molecule has 0 saturated heterocycles. The van der Waals surface area contributed by atoms with Crippen LogP contribution in [0, 0.1) is 16.6 Å². The van der Waals surface area contributed by atoms with Gasteiger partial charge in [-0.2, -0.15) is 10.4 Å². The quantitative estimate of drug-likeness (QED) is 0.387. The standard InChI is InChI=1S/C20H30N6S/c1-4-11-22-20(5-2)24-16-23-17(3)19-10-6-8-18(14-27-15-21)9-7-12-25-26-13-19/h4,10-11,13,16,18,25H,3,5-9,12,14H2,1-2H3,(H,22,23,24)/b11-4-,19-10?,26-13?/t18-/m1/s1. The number of rotatable bonds is 7. The monoisotopic (exact) mass is 386 g/mol. The summed E-state index contributed by atoms with van der Waals surface area (Å²) in [5, 5.41) is 18.4. The summed E-state index contributed by atoms with van der Waals surface area (Å²) >= 11 is 1.35. The van der Waals surface area contributed by atoms with Gasteiger partial charge in [0.05, 0.1) is 12.6 Å². The van der Waals surface area contributed by atoms with Crippen molar-refractivity contribution in [3.8, 4) is 5.40 Å². The van der Waals surface area contributed by atoms with Crippen molar-refractivity contribution in [2.24, 2.45) is 21.0 Å². The molecule has 0 saturated carbocycles. The van der Waals surface area contributed by atoms with E-state index in [0.29, 0.717) is 5.92 Å². The molecule has 0 aromatic heterocycles. The van der Waals surface area contributed by atoms with Gasteiger partial charge in [-0.1, -0.05) is 25.7 Å². The number of hydrogen-bond donors (Lipinski definition) is 2. The van der Waals surface area contributed by atoms with Gasteiger partial charge in [0.1, 0.15) is 11.2 Å². The molecule has 2 N–H and O–H groups in total. The van der Waals surface area contributed by atoms with E-state index in [0.717, 1.165) is 61.5 Å². The van der Waals surface area contributed by atoms with Crippen LogP contribution in [0.3, 0.4) is 0 Å². The number of aliphatic imine (C=N–C) groups is 2. The maximum absolute atomic E-state index is 8.79. The molecule has 1 atom stereocenters. The summed E-state index contributed by atoms with van der Waals surface area (Å²) in [7, 11) is 0. The molecular weight excluding hydrogens is 356 g/mol. The molecule has 0 radical (unpaired) electrons. The SMILES string of the molecule is C=C(NC=NC(CC)=N/C=C\C)C1=CCC[C@@H](CSC#N)CCCNN=C1. The lowest BCUT2D eigenvalue weighted by Gasteiger charge is -2.13. The summed E-state index contributed by atoms with van der Waals surface area (Å²) in [5.41, 5.74) is 4.76. The smallest absolute Gasteiger partial charge is 0.133 e. The van der Waals surface area contributed by atoms with Crippen LogP contribution in [-0.2, 0) is 0 Å². The van der Waals surface area contributed by atoms with Gasteiger partial charge in [-0.05, 0) is 50.3 Å². The summed E-state index contributed by atoms with van der Waals surface area (Å²) < 4.78 is 0. The molecule has 1 rings (SSSR count). The van der Waals surface area contributed by atoms with Gasteiger partial charge in [0.2, 0.25) is 0 Å². The summed E-state index contributed by atoms with van der Waals surface area (Å²) in [6, 6.07) is 0. The lowest BCUT2D eigenvalue weighted by atomic mass is 9.98. The molecule has 0 amide bonds. The highest BCUT2D eigenvalue weighted by atomic mass is 32.2. The molecular formula is C20H30N6S. The highest BCUT2D eigenvalue weighted by Gasteiger charge is 2.09. The fraction of sp³-hybridized carbons (Fsp3) is 0.500. The summed E-state index contributed by atoms with van der Waals surface area (Å²) in [5.74, 6) is 2.18. The van der Waals surface area contributed by atoms with Gasteiger partial charge in [0.15, 0.2) is 0 Å². The second-order valence-corrected chi connectivity index (χ2v) is 6.88. The minimum absolute atomic E-state index is 0.546. The number of thioether (sulfide) groups is 1. The second-order valence-electron chi connectivity index (χ2n) is 6.08. The first-order chi connectivity index (χ1) is 13.2. The first-order valence-corrected chi connectivity index (χ1v) is 10.3. The maximum Gasteiger partial charge on any atom is 0.133 e. The number of nitrogens with zero attached hydrogens (tertiary/aromatic N) is 4. The zero-order valence-electron chi connectivity index (χ0n) is 16.3. The van der Waals surface area contributed by atoms with Crippen LogP contribution in [0.4, 0.5) is 0 Å². The third kappa shape index (κ3) is 10.4. The molecule has 1 aliphatic rings. The Bertz CT molecular complexity index is 639. The van der Waals surface area contributed by atoms with E-state index in [1.54, 1.807) is 18.8 Å². The molecule has 1 heterocycles.